The number of ether oxygens (including phenoxy) is 1. The van der Waals surface area contributed by atoms with Gasteiger partial charge in [0.2, 0.25) is 11.4 Å². The van der Waals surface area contributed by atoms with Gasteiger partial charge in [0.25, 0.3) is 0 Å². The summed E-state index contributed by atoms with van der Waals surface area (Å²) >= 11 is 0. The zero-order valence-electron chi connectivity index (χ0n) is 28.0. The van der Waals surface area contributed by atoms with Crippen LogP contribution >= 0.6 is 0 Å². The molecule has 0 aliphatic carbocycles. The van der Waals surface area contributed by atoms with E-state index in [0.29, 0.717) is 72.7 Å². The van der Waals surface area contributed by atoms with E-state index >= 15 is 0 Å². The summed E-state index contributed by atoms with van der Waals surface area (Å²) in [6, 6.07) is 33.3. The van der Waals surface area contributed by atoms with Gasteiger partial charge >= 0.3 is 0 Å². The molecule has 2 aromatic heterocycles. The number of aromatic nitrogens is 2. The smallest absolute Gasteiger partial charge is 0.248 e. The van der Waals surface area contributed by atoms with Crippen LogP contribution in [0.5, 0.6) is 5.75 Å². The van der Waals surface area contributed by atoms with Gasteiger partial charge in [-0.3, -0.25) is 9.69 Å². The maximum Gasteiger partial charge on any atom is 0.248 e. The minimum absolute atomic E-state index is 0.0321. The predicted molar refractivity (Wildman–Crippen MR) is 192 cm³/mol. The molecule has 10 nitrogen and oxygen atoms in total. The second-order valence-corrected chi connectivity index (χ2v) is 12.4. The van der Waals surface area contributed by atoms with Gasteiger partial charge in [-0.25, -0.2) is 4.98 Å². The summed E-state index contributed by atoms with van der Waals surface area (Å²) in [5.41, 5.74) is 2.76. The first-order chi connectivity index (χ1) is 24.3. The first kappa shape index (κ1) is 34.8. The fourth-order valence-corrected chi connectivity index (χ4v) is 6.01. The Labute approximate surface area is 290 Å². The Bertz CT molecular complexity index is 1990. The number of aliphatic hydroxyl groups excluding tert-OH is 1. The minimum atomic E-state index is -1.51. The number of oxazole rings is 1. The van der Waals surface area contributed by atoms with E-state index in [-0.39, 0.29) is 17.2 Å². The molecule has 0 bridgehead atoms. The van der Waals surface area contributed by atoms with Crippen LogP contribution in [0.4, 0.5) is 0 Å². The van der Waals surface area contributed by atoms with Crippen LogP contribution in [0, 0.1) is 0 Å². The van der Waals surface area contributed by atoms with Crippen LogP contribution in [0.2, 0.25) is 0 Å². The molecule has 50 heavy (non-hydrogen) atoms. The Morgan fingerprint density at radius 3 is 2.28 bits per heavy atom. The zero-order chi connectivity index (χ0) is 34.9. The van der Waals surface area contributed by atoms with Crippen molar-refractivity contribution < 1.29 is 24.5 Å². The number of aromatic amines is 1. The lowest BCUT2D eigenvalue weighted by Crippen LogP contribution is -2.29. The molecule has 6 aromatic rings. The number of nitrogens with zero attached hydrogens (tertiary/aromatic N) is 2. The number of phenolic OH excluding ortho intramolecular Hbond substituents is 1. The normalized spacial score (nSPS) is 12.5. The molecule has 2 heterocycles. The lowest BCUT2D eigenvalue weighted by molar-refractivity contribution is 0.0876. The summed E-state index contributed by atoms with van der Waals surface area (Å²) in [6.45, 7) is 3.27. The van der Waals surface area contributed by atoms with Crippen molar-refractivity contribution in [3.8, 4) is 5.75 Å². The van der Waals surface area contributed by atoms with E-state index < -0.39 is 11.7 Å². The van der Waals surface area contributed by atoms with E-state index in [1.165, 1.54) is 17.7 Å². The third kappa shape index (κ3) is 8.19. The Morgan fingerprint density at radius 1 is 0.900 bits per heavy atom. The van der Waals surface area contributed by atoms with Gasteiger partial charge in [-0.15, -0.1) is 0 Å². The van der Waals surface area contributed by atoms with Crippen LogP contribution in [0.1, 0.15) is 45.6 Å². The van der Waals surface area contributed by atoms with E-state index in [1.807, 2.05) is 67.7 Å². The largest absolute Gasteiger partial charge is 0.506 e. The van der Waals surface area contributed by atoms with Gasteiger partial charge in [-0.2, -0.15) is 0 Å². The van der Waals surface area contributed by atoms with E-state index in [4.69, 9.17) is 9.15 Å². The summed E-state index contributed by atoms with van der Waals surface area (Å²) in [6.07, 6.45) is 1.65. The van der Waals surface area contributed by atoms with E-state index in [2.05, 4.69) is 44.5 Å². The number of hydrogen-bond acceptors (Lipinski definition) is 9. The minimum Gasteiger partial charge on any atom is -0.506 e. The predicted octanol–water partition coefficient (Wildman–Crippen LogP) is 5.02. The molecule has 4 aromatic carbocycles. The fourth-order valence-electron chi connectivity index (χ4n) is 6.01. The van der Waals surface area contributed by atoms with Gasteiger partial charge < -0.3 is 34.8 Å². The van der Waals surface area contributed by atoms with Gasteiger partial charge in [0, 0.05) is 31.1 Å². The summed E-state index contributed by atoms with van der Waals surface area (Å²) < 4.78 is 12.0. The first-order valence-electron chi connectivity index (χ1n) is 16.7. The Hall–Kier alpha value is -5.10. The average Bonchev–Trinajstić information content (AvgIpc) is 3.61. The number of rotatable bonds is 16. The zero-order valence-corrected chi connectivity index (χ0v) is 28.0. The molecular weight excluding hydrogens is 632 g/mol. The molecule has 1 atom stereocenters. The number of likely N-dealkylation sites (N-methyl/N-ethyl adjacent to an activating group) is 1. The number of benzene rings is 4. The highest BCUT2D eigenvalue weighted by atomic mass is 16.5. The van der Waals surface area contributed by atoms with Crippen molar-refractivity contribution in [3.05, 3.63) is 165 Å². The average molecular weight is 675 g/mol. The Kier molecular flexibility index (Phi) is 11.2. The fraction of sp³-hybridized carbons (Fsp3) is 0.250. The van der Waals surface area contributed by atoms with Crippen molar-refractivity contribution in [1.82, 2.24) is 20.2 Å². The lowest BCUT2D eigenvalue weighted by Gasteiger charge is -2.26. The molecule has 5 N–H and O–H groups in total. The van der Waals surface area contributed by atoms with Crippen LogP contribution in [0.25, 0.3) is 10.9 Å². The third-order valence-electron chi connectivity index (χ3n) is 8.78. The quantitative estimate of drug-likeness (QED) is 0.0895. The summed E-state index contributed by atoms with van der Waals surface area (Å²) in [7, 11) is 1.99. The SMILES string of the molecule is CN(CCOCCc1ccc(CNCC(O)c2ccc(O)c3[nH]c(=O)ccc23)cc1)Cc1cnc(C(O)(c2ccccc2)c2ccccc2)o1. The lowest BCUT2D eigenvalue weighted by atomic mass is 9.86. The van der Waals surface area contributed by atoms with E-state index in [0.717, 1.165) is 12.0 Å². The van der Waals surface area contributed by atoms with Gasteiger partial charge in [-0.1, -0.05) is 91.0 Å². The molecule has 0 saturated carbocycles. The number of hydrogen-bond donors (Lipinski definition) is 5. The number of aliphatic hydroxyl groups is 2. The van der Waals surface area contributed by atoms with Crippen LogP contribution in [0.3, 0.4) is 0 Å². The number of phenols is 1. The maximum atomic E-state index is 11.9. The standard InChI is InChI=1S/C40H42N4O6/c1-44(27-32-25-42-39(50-32)40(48,30-8-4-2-5-9-30)31-10-6-3-7-11-31)21-23-49-22-20-28-12-14-29(15-13-28)24-41-26-36(46)33-16-18-35(45)38-34(33)17-19-37(47)43-38/h2-19,25,36,41,45-46,48H,20-24,26-27H2,1H3,(H,43,47). The van der Waals surface area contributed by atoms with E-state index in [1.54, 1.807) is 18.3 Å². The second kappa shape index (κ2) is 16.1. The van der Waals surface area contributed by atoms with Crippen molar-refractivity contribution >= 4 is 10.9 Å². The van der Waals surface area contributed by atoms with Gasteiger partial charge in [0.05, 0.1) is 37.6 Å². The molecule has 0 amide bonds. The number of H-pyrrole nitrogens is 1. The number of aromatic hydroxyl groups is 1. The van der Waals surface area contributed by atoms with Gasteiger partial charge in [0.15, 0.2) is 5.60 Å². The van der Waals surface area contributed by atoms with Crippen molar-refractivity contribution in [1.29, 1.82) is 0 Å². The summed E-state index contributed by atoms with van der Waals surface area (Å²) in [5, 5.41) is 36.7. The molecule has 0 fully saturated rings. The van der Waals surface area contributed by atoms with Crippen LogP contribution in [-0.4, -0.2) is 63.5 Å². The Balaban J connectivity index is 0.921. The number of fused-ring (bicyclic) bond motifs is 1. The number of pyridine rings is 1. The molecule has 1 unspecified atom stereocenters. The summed E-state index contributed by atoms with van der Waals surface area (Å²) in [4.78, 5) is 20.9. The van der Waals surface area contributed by atoms with Crippen molar-refractivity contribution in [2.45, 2.75) is 31.2 Å². The third-order valence-corrected chi connectivity index (χ3v) is 8.78. The monoisotopic (exact) mass is 674 g/mol. The van der Waals surface area contributed by atoms with Crippen molar-refractivity contribution in [3.63, 3.8) is 0 Å². The van der Waals surface area contributed by atoms with Crippen LogP contribution in [0.15, 0.2) is 125 Å². The van der Waals surface area contributed by atoms with Crippen molar-refractivity contribution in [2.75, 3.05) is 33.4 Å². The van der Waals surface area contributed by atoms with Crippen LogP contribution < -0.4 is 10.9 Å². The molecular formula is C40H42N4O6. The highest BCUT2D eigenvalue weighted by molar-refractivity contribution is 5.87. The number of nitrogens with one attached hydrogen (secondary N) is 2. The Morgan fingerprint density at radius 2 is 1.58 bits per heavy atom. The molecule has 10 heteroatoms. The molecule has 0 spiro atoms. The first-order valence-corrected chi connectivity index (χ1v) is 16.7. The molecule has 0 saturated heterocycles. The molecule has 0 aliphatic rings. The maximum absolute atomic E-state index is 11.9. The highest BCUT2D eigenvalue weighted by Gasteiger charge is 2.38. The molecule has 6 rings (SSSR count). The van der Waals surface area contributed by atoms with E-state index in [9.17, 15) is 20.1 Å². The van der Waals surface area contributed by atoms with Crippen molar-refractivity contribution in [2.24, 2.45) is 0 Å². The molecule has 0 radical (unpaired) electrons. The topological polar surface area (TPSA) is 144 Å². The van der Waals surface area contributed by atoms with Gasteiger partial charge in [-0.05, 0) is 53.4 Å². The highest BCUT2D eigenvalue weighted by Crippen LogP contribution is 2.36. The molecule has 0 aliphatic heterocycles. The van der Waals surface area contributed by atoms with Gasteiger partial charge in [0.1, 0.15) is 11.5 Å². The second-order valence-electron chi connectivity index (χ2n) is 12.4. The van der Waals surface area contributed by atoms with Crippen LogP contribution in [-0.2, 0) is 29.8 Å². The molecule has 258 valence electrons. The summed E-state index contributed by atoms with van der Waals surface area (Å²) in [5.74, 6) is 0.856.